The molecule has 1 unspecified atom stereocenters. The SMILES string of the molecule is COc1cc(/C=C/C(=O)NC(C)c2cccnc2)ccc1OCc1c(C)noc1C. The predicted octanol–water partition coefficient (Wildman–Crippen LogP) is 4.16. The number of hydrogen-bond donors (Lipinski definition) is 1. The number of hydrogen-bond acceptors (Lipinski definition) is 6. The number of methoxy groups -OCH3 is 1. The molecule has 1 amide bonds. The van der Waals surface area contributed by atoms with Crippen LogP contribution in [0.2, 0.25) is 0 Å². The summed E-state index contributed by atoms with van der Waals surface area (Å²) >= 11 is 0. The number of aromatic nitrogens is 2. The van der Waals surface area contributed by atoms with E-state index in [1.165, 1.54) is 6.08 Å². The summed E-state index contributed by atoms with van der Waals surface area (Å²) in [6, 6.07) is 9.12. The van der Waals surface area contributed by atoms with Crippen LogP contribution >= 0.6 is 0 Å². The molecule has 7 heteroatoms. The van der Waals surface area contributed by atoms with E-state index in [1.54, 1.807) is 25.6 Å². The Kier molecular flexibility index (Phi) is 6.85. The topological polar surface area (TPSA) is 86.5 Å². The monoisotopic (exact) mass is 407 g/mol. The van der Waals surface area contributed by atoms with Gasteiger partial charge in [-0.1, -0.05) is 17.3 Å². The molecule has 1 aromatic carbocycles. The van der Waals surface area contributed by atoms with Crippen LogP contribution in [0.5, 0.6) is 11.5 Å². The second-order valence-electron chi connectivity index (χ2n) is 6.85. The summed E-state index contributed by atoms with van der Waals surface area (Å²) < 4.78 is 16.5. The Balaban J connectivity index is 1.63. The molecule has 2 aromatic heterocycles. The Labute approximate surface area is 175 Å². The standard InChI is InChI=1S/C23H25N3O4/c1-15(19-6-5-11-24-13-19)25-23(27)10-8-18-7-9-21(22(12-18)28-4)29-14-20-16(2)26-30-17(20)3/h5-13,15H,14H2,1-4H3,(H,25,27)/b10-8+. The van der Waals surface area contributed by atoms with Gasteiger partial charge in [0.05, 0.1) is 24.4 Å². The summed E-state index contributed by atoms with van der Waals surface area (Å²) in [5, 5.41) is 6.85. The van der Waals surface area contributed by atoms with Crippen LogP contribution in [-0.4, -0.2) is 23.2 Å². The van der Waals surface area contributed by atoms with Gasteiger partial charge in [-0.05, 0) is 56.2 Å². The third kappa shape index (κ3) is 5.26. The fraction of sp³-hybridized carbons (Fsp3) is 0.261. The minimum atomic E-state index is -0.191. The normalized spacial score (nSPS) is 12.0. The van der Waals surface area contributed by atoms with Crippen molar-refractivity contribution in [2.75, 3.05) is 7.11 Å². The van der Waals surface area contributed by atoms with Crippen LogP contribution in [-0.2, 0) is 11.4 Å². The maximum atomic E-state index is 12.2. The van der Waals surface area contributed by atoms with Gasteiger partial charge >= 0.3 is 0 Å². The van der Waals surface area contributed by atoms with Crippen LogP contribution in [0, 0.1) is 13.8 Å². The third-order valence-corrected chi connectivity index (χ3v) is 4.71. The fourth-order valence-corrected chi connectivity index (χ4v) is 2.91. The van der Waals surface area contributed by atoms with Crippen molar-refractivity contribution in [2.45, 2.75) is 33.4 Å². The molecule has 0 bridgehead atoms. The van der Waals surface area contributed by atoms with Crippen LogP contribution < -0.4 is 14.8 Å². The molecule has 2 heterocycles. The third-order valence-electron chi connectivity index (χ3n) is 4.71. The van der Waals surface area contributed by atoms with E-state index in [-0.39, 0.29) is 11.9 Å². The van der Waals surface area contributed by atoms with Gasteiger partial charge in [0, 0.05) is 18.5 Å². The molecular weight excluding hydrogens is 382 g/mol. The van der Waals surface area contributed by atoms with Gasteiger partial charge in [-0.2, -0.15) is 0 Å². The smallest absolute Gasteiger partial charge is 0.244 e. The lowest BCUT2D eigenvalue weighted by atomic mass is 10.1. The number of ether oxygens (including phenoxy) is 2. The first-order chi connectivity index (χ1) is 14.5. The van der Waals surface area contributed by atoms with Crippen LogP contribution in [0.15, 0.2) is 53.3 Å². The Bertz CT molecular complexity index is 1010. The zero-order valence-corrected chi connectivity index (χ0v) is 17.5. The highest BCUT2D eigenvalue weighted by Gasteiger charge is 2.12. The van der Waals surface area contributed by atoms with Crippen molar-refractivity contribution in [3.63, 3.8) is 0 Å². The summed E-state index contributed by atoms with van der Waals surface area (Å²) in [7, 11) is 1.58. The van der Waals surface area contributed by atoms with Gasteiger partial charge < -0.3 is 19.3 Å². The van der Waals surface area contributed by atoms with Crippen LogP contribution in [0.3, 0.4) is 0 Å². The Morgan fingerprint density at radius 3 is 2.77 bits per heavy atom. The van der Waals surface area contributed by atoms with Gasteiger partial charge in [0.15, 0.2) is 11.5 Å². The van der Waals surface area contributed by atoms with Crippen molar-refractivity contribution in [3.8, 4) is 11.5 Å². The summed E-state index contributed by atoms with van der Waals surface area (Å²) in [6.07, 6.45) is 6.66. The zero-order valence-electron chi connectivity index (χ0n) is 17.5. The molecule has 0 spiro atoms. The number of carbonyl (C=O) groups excluding carboxylic acids is 1. The van der Waals surface area contributed by atoms with Crippen molar-refractivity contribution in [3.05, 3.63) is 76.9 Å². The van der Waals surface area contributed by atoms with Crippen molar-refractivity contribution in [2.24, 2.45) is 0 Å². The molecule has 156 valence electrons. The average molecular weight is 407 g/mol. The number of aryl methyl sites for hydroxylation is 2. The highest BCUT2D eigenvalue weighted by atomic mass is 16.5. The number of amides is 1. The first-order valence-corrected chi connectivity index (χ1v) is 9.59. The van der Waals surface area contributed by atoms with Crippen LogP contribution in [0.4, 0.5) is 0 Å². The lowest BCUT2D eigenvalue weighted by molar-refractivity contribution is -0.117. The van der Waals surface area contributed by atoms with Crippen molar-refractivity contribution in [1.29, 1.82) is 0 Å². The van der Waals surface area contributed by atoms with Gasteiger partial charge in [-0.25, -0.2) is 0 Å². The molecule has 30 heavy (non-hydrogen) atoms. The minimum absolute atomic E-state index is 0.134. The lowest BCUT2D eigenvalue weighted by Crippen LogP contribution is -2.24. The number of pyridine rings is 1. The van der Waals surface area contributed by atoms with Crippen LogP contribution in [0.25, 0.3) is 6.08 Å². The number of nitrogens with zero attached hydrogens (tertiary/aromatic N) is 2. The molecule has 0 radical (unpaired) electrons. The quantitative estimate of drug-likeness (QED) is 0.564. The molecule has 3 rings (SSSR count). The predicted molar refractivity (Wildman–Crippen MR) is 113 cm³/mol. The van der Waals surface area contributed by atoms with Gasteiger partial charge in [-0.3, -0.25) is 9.78 Å². The first kappa shape index (κ1) is 21.1. The van der Waals surface area contributed by atoms with Gasteiger partial charge in [0.2, 0.25) is 5.91 Å². The number of nitrogens with one attached hydrogen (secondary N) is 1. The molecule has 0 aliphatic carbocycles. The highest BCUT2D eigenvalue weighted by Crippen LogP contribution is 2.30. The van der Waals surface area contributed by atoms with E-state index >= 15 is 0 Å². The molecule has 1 N–H and O–H groups in total. The first-order valence-electron chi connectivity index (χ1n) is 9.59. The Morgan fingerprint density at radius 1 is 1.27 bits per heavy atom. The fourth-order valence-electron chi connectivity index (χ4n) is 2.91. The molecule has 0 saturated heterocycles. The lowest BCUT2D eigenvalue weighted by Gasteiger charge is -2.12. The van der Waals surface area contributed by atoms with E-state index in [2.05, 4.69) is 15.5 Å². The zero-order chi connectivity index (χ0) is 21.5. The van der Waals surface area contributed by atoms with E-state index in [0.717, 1.165) is 28.1 Å². The summed E-state index contributed by atoms with van der Waals surface area (Å²) in [5.74, 6) is 1.72. The minimum Gasteiger partial charge on any atom is -0.493 e. The maximum Gasteiger partial charge on any atom is 0.244 e. The summed E-state index contributed by atoms with van der Waals surface area (Å²) in [6.45, 7) is 5.97. The molecule has 0 aliphatic rings. The van der Waals surface area contributed by atoms with Crippen molar-refractivity contribution in [1.82, 2.24) is 15.5 Å². The second-order valence-corrected chi connectivity index (χ2v) is 6.85. The molecule has 3 aromatic rings. The summed E-state index contributed by atoms with van der Waals surface area (Å²) in [5.41, 5.74) is 3.49. The highest BCUT2D eigenvalue weighted by molar-refractivity contribution is 5.92. The molecule has 7 nitrogen and oxygen atoms in total. The van der Waals surface area contributed by atoms with E-state index in [0.29, 0.717) is 18.1 Å². The number of benzene rings is 1. The molecule has 0 aliphatic heterocycles. The van der Waals surface area contributed by atoms with E-state index in [1.807, 2.05) is 51.1 Å². The van der Waals surface area contributed by atoms with Gasteiger partial charge in [-0.15, -0.1) is 0 Å². The van der Waals surface area contributed by atoms with Crippen LogP contribution in [0.1, 0.15) is 41.1 Å². The molecule has 1 atom stereocenters. The molecule has 0 saturated carbocycles. The number of carbonyl (C=O) groups is 1. The van der Waals surface area contributed by atoms with E-state index in [9.17, 15) is 4.79 Å². The maximum absolute atomic E-state index is 12.2. The largest absolute Gasteiger partial charge is 0.493 e. The van der Waals surface area contributed by atoms with Crippen molar-refractivity contribution < 1.29 is 18.8 Å². The Hall–Kier alpha value is -3.61. The van der Waals surface area contributed by atoms with Gasteiger partial charge in [0.1, 0.15) is 12.4 Å². The van der Waals surface area contributed by atoms with E-state index in [4.69, 9.17) is 14.0 Å². The summed E-state index contributed by atoms with van der Waals surface area (Å²) in [4.78, 5) is 16.3. The average Bonchev–Trinajstić information content (AvgIpc) is 3.08. The van der Waals surface area contributed by atoms with Crippen molar-refractivity contribution >= 4 is 12.0 Å². The molecule has 0 fully saturated rings. The number of rotatable bonds is 8. The molecular formula is C23H25N3O4. The van der Waals surface area contributed by atoms with Gasteiger partial charge in [0.25, 0.3) is 0 Å². The Morgan fingerprint density at radius 2 is 2.10 bits per heavy atom. The van der Waals surface area contributed by atoms with E-state index < -0.39 is 0 Å². The second kappa shape index (κ2) is 9.73.